The Balaban J connectivity index is 2.71. The van der Waals surface area contributed by atoms with E-state index in [-0.39, 0.29) is 24.2 Å². The van der Waals surface area contributed by atoms with Gasteiger partial charge in [0.15, 0.2) is 5.69 Å². The molecule has 0 aliphatic rings. The van der Waals surface area contributed by atoms with Gasteiger partial charge in [-0.1, -0.05) is 0 Å². The van der Waals surface area contributed by atoms with Gasteiger partial charge in [-0.2, -0.15) is 0 Å². The van der Waals surface area contributed by atoms with Crippen molar-refractivity contribution in [2.45, 2.75) is 12.8 Å². The molecule has 4 N–H and O–H groups in total. The highest BCUT2D eigenvalue weighted by atomic mass is 16.4. The zero-order chi connectivity index (χ0) is 12.8. The van der Waals surface area contributed by atoms with E-state index in [1.165, 1.54) is 18.3 Å². The van der Waals surface area contributed by atoms with Crippen molar-refractivity contribution < 1.29 is 19.5 Å². The van der Waals surface area contributed by atoms with E-state index in [0.717, 1.165) is 0 Å². The van der Waals surface area contributed by atoms with Crippen LogP contribution in [0.4, 0.5) is 5.69 Å². The number of nitrogens with one attached hydrogen (secondary N) is 1. The molecule has 90 valence electrons. The lowest BCUT2D eigenvalue weighted by Gasteiger charge is -2.06. The molecule has 2 amide bonds. The number of carboxylic acids is 1. The first-order valence-electron chi connectivity index (χ1n) is 4.77. The second-order valence-corrected chi connectivity index (χ2v) is 3.21. The van der Waals surface area contributed by atoms with E-state index in [9.17, 15) is 14.4 Å². The number of hydrogen-bond acceptors (Lipinski definition) is 4. The molecule has 1 heterocycles. The van der Waals surface area contributed by atoms with Crippen molar-refractivity contribution in [1.29, 1.82) is 0 Å². The number of primary amides is 1. The van der Waals surface area contributed by atoms with Crippen LogP contribution in [-0.4, -0.2) is 27.9 Å². The average Bonchev–Trinajstić information content (AvgIpc) is 2.27. The van der Waals surface area contributed by atoms with E-state index in [2.05, 4.69) is 10.3 Å². The number of carbonyl (C=O) groups is 3. The average molecular weight is 237 g/mol. The Morgan fingerprint density at radius 3 is 2.65 bits per heavy atom. The van der Waals surface area contributed by atoms with Crippen molar-refractivity contribution in [1.82, 2.24) is 4.98 Å². The third-order valence-corrected chi connectivity index (χ3v) is 1.88. The Hall–Kier alpha value is -2.44. The van der Waals surface area contributed by atoms with Crippen LogP contribution >= 0.6 is 0 Å². The standard InChI is InChI=1S/C10H11N3O4/c11-10(17)9-6(2-1-5-12-9)13-7(14)3-4-8(15)16/h1-2,5H,3-4H2,(H2,11,17)(H,13,14)(H,15,16). The van der Waals surface area contributed by atoms with E-state index < -0.39 is 17.8 Å². The summed E-state index contributed by atoms with van der Waals surface area (Å²) >= 11 is 0. The van der Waals surface area contributed by atoms with Crippen molar-refractivity contribution in [2.24, 2.45) is 5.73 Å². The van der Waals surface area contributed by atoms with E-state index in [4.69, 9.17) is 10.8 Å². The van der Waals surface area contributed by atoms with Crippen LogP contribution in [0.5, 0.6) is 0 Å². The monoisotopic (exact) mass is 237 g/mol. The molecule has 17 heavy (non-hydrogen) atoms. The number of aromatic nitrogens is 1. The first-order valence-corrected chi connectivity index (χ1v) is 4.77. The van der Waals surface area contributed by atoms with E-state index in [1.54, 1.807) is 0 Å². The number of amides is 2. The first-order chi connectivity index (χ1) is 8.00. The van der Waals surface area contributed by atoms with E-state index in [1.807, 2.05) is 0 Å². The van der Waals surface area contributed by atoms with Gasteiger partial charge in [0.2, 0.25) is 5.91 Å². The lowest BCUT2D eigenvalue weighted by Crippen LogP contribution is -2.19. The van der Waals surface area contributed by atoms with Gasteiger partial charge in [-0.3, -0.25) is 14.4 Å². The molecule has 7 heteroatoms. The van der Waals surface area contributed by atoms with Crippen LogP contribution in [0.15, 0.2) is 18.3 Å². The molecule has 0 aliphatic heterocycles. The van der Waals surface area contributed by atoms with Crippen LogP contribution in [-0.2, 0) is 9.59 Å². The zero-order valence-corrected chi connectivity index (χ0v) is 8.84. The summed E-state index contributed by atoms with van der Waals surface area (Å²) in [5, 5.41) is 10.8. The molecular weight excluding hydrogens is 226 g/mol. The predicted molar refractivity (Wildman–Crippen MR) is 58.3 cm³/mol. The third-order valence-electron chi connectivity index (χ3n) is 1.88. The van der Waals surface area contributed by atoms with Crippen LogP contribution in [0, 0.1) is 0 Å². The fraction of sp³-hybridized carbons (Fsp3) is 0.200. The molecule has 0 spiro atoms. The molecular formula is C10H11N3O4. The quantitative estimate of drug-likeness (QED) is 0.664. The largest absolute Gasteiger partial charge is 0.481 e. The topological polar surface area (TPSA) is 122 Å². The van der Waals surface area contributed by atoms with Crippen LogP contribution in [0.1, 0.15) is 23.3 Å². The van der Waals surface area contributed by atoms with E-state index in [0.29, 0.717) is 0 Å². The highest BCUT2D eigenvalue weighted by Crippen LogP contribution is 2.11. The number of aliphatic carboxylic acids is 1. The lowest BCUT2D eigenvalue weighted by atomic mass is 10.2. The molecule has 0 bridgehead atoms. The fourth-order valence-electron chi connectivity index (χ4n) is 1.14. The van der Waals surface area contributed by atoms with Crippen LogP contribution in [0.3, 0.4) is 0 Å². The summed E-state index contributed by atoms with van der Waals surface area (Å²) in [6.45, 7) is 0. The van der Waals surface area contributed by atoms with Crippen molar-refractivity contribution in [2.75, 3.05) is 5.32 Å². The van der Waals surface area contributed by atoms with Crippen molar-refractivity contribution in [3.8, 4) is 0 Å². The molecule has 1 aromatic heterocycles. The Bertz CT molecular complexity index is 459. The Labute approximate surface area is 96.6 Å². The number of pyridine rings is 1. The molecule has 0 aliphatic carbocycles. The van der Waals surface area contributed by atoms with Crippen LogP contribution in [0.2, 0.25) is 0 Å². The first kappa shape index (κ1) is 12.6. The summed E-state index contributed by atoms with van der Waals surface area (Å²) in [5.41, 5.74) is 5.18. The second-order valence-electron chi connectivity index (χ2n) is 3.21. The molecule has 0 saturated heterocycles. The number of rotatable bonds is 5. The maximum Gasteiger partial charge on any atom is 0.303 e. The molecule has 0 unspecified atom stereocenters. The van der Waals surface area contributed by atoms with Crippen molar-refractivity contribution in [3.63, 3.8) is 0 Å². The number of carbonyl (C=O) groups excluding carboxylic acids is 2. The summed E-state index contributed by atoms with van der Waals surface area (Å²) in [6, 6.07) is 2.99. The Morgan fingerprint density at radius 1 is 1.35 bits per heavy atom. The van der Waals surface area contributed by atoms with Crippen molar-refractivity contribution >= 4 is 23.5 Å². The second kappa shape index (κ2) is 5.59. The molecule has 1 aromatic rings. The highest BCUT2D eigenvalue weighted by molar-refractivity contribution is 6.01. The Kier molecular flexibility index (Phi) is 4.15. The smallest absolute Gasteiger partial charge is 0.303 e. The van der Waals surface area contributed by atoms with Gasteiger partial charge in [0, 0.05) is 12.6 Å². The van der Waals surface area contributed by atoms with Gasteiger partial charge in [0.05, 0.1) is 12.1 Å². The van der Waals surface area contributed by atoms with Crippen LogP contribution in [0.25, 0.3) is 0 Å². The molecule has 7 nitrogen and oxygen atoms in total. The highest BCUT2D eigenvalue weighted by Gasteiger charge is 2.12. The summed E-state index contributed by atoms with van der Waals surface area (Å²) in [6.07, 6.45) is 0.910. The summed E-state index contributed by atoms with van der Waals surface area (Å²) in [5.74, 6) is -2.34. The minimum Gasteiger partial charge on any atom is -0.481 e. The minimum absolute atomic E-state index is 0.0591. The summed E-state index contributed by atoms with van der Waals surface area (Å²) in [4.78, 5) is 36.3. The predicted octanol–water partition coefficient (Wildman–Crippen LogP) is -0.0162. The van der Waals surface area contributed by atoms with E-state index >= 15 is 0 Å². The minimum atomic E-state index is -1.07. The van der Waals surface area contributed by atoms with Gasteiger partial charge >= 0.3 is 5.97 Å². The van der Waals surface area contributed by atoms with Gasteiger partial charge in [-0.25, -0.2) is 4.98 Å². The molecule has 0 radical (unpaired) electrons. The number of nitrogens with two attached hydrogens (primary N) is 1. The zero-order valence-electron chi connectivity index (χ0n) is 8.84. The summed E-state index contributed by atoms with van der Waals surface area (Å²) < 4.78 is 0. The molecule has 0 saturated carbocycles. The van der Waals surface area contributed by atoms with Crippen LogP contribution < -0.4 is 11.1 Å². The van der Waals surface area contributed by atoms with Gasteiger partial charge in [-0.05, 0) is 12.1 Å². The third kappa shape index (κ3) is 3.90. The van der Waals surface area contributed by atoms with Crippen molar-refractivity contribution in [3.05, 3.63) is 24.0 Å². The molecule has 1 rings (SSSR count). The maximum absolute atomic E-state index is 11.3. The van der Waals surface area contributed by atoms with Gasteiger partial charge in [0.1, 0.15) is 0 Å². The SMILES string of the molecule is NC(=O)c1ncccc1NC(=O)CCC(=O)O. The summed E-state index contributed by atoms with van der Waals surface area (Å²) in [7, 11) is 0. The van der Waals surface area contributed by atoms with Gasteiger partial charge in [0.25, 0.3) is 5.91 Å². The maximum atomic E-state index is 11.3. The number of nitrogens with zero attached hydrogens (tertiary/aromatic N) is 1. The lowest BCUT2D eigenvalue weighted by molar-refractivity contribution is -0.138. The normalized spacial score (nSPS) is 9.65. The number of carboxylic acid groups (broad SMARTS) is 1. The molecule has 0 aromatic carbocycles. The fourth-order valence-corrected chi connectivity index (χ4v) is 1.14. The number of hydrogen-bond donors (Lipinski definition) is 3. The number of anilines is 1. The molecule has 0 fully saturated rings. The Morgan fingerprint density at radius 2 is 2.06 bits per heavy atom. The van der Waals surface area contributed by atoms with Gasteiger partial charge in [-0.15, -0.1) is 0 Å². The molecule has 0 atom stereocenters. The van der Waals surface area contributed by atoms with Gasteiger partial charge < -0.3 is 16.2 Å².